The molecule has 1 amide bonds. The minimum absolute atomic E-state index is 0.0339. The van der Waals surface area contributed by atoms with E-state index < -0.39 is 39.5 Å². The number of hydrogen-bond donors (Lipinski definition) is 2. The summed E-state index contributed by atoms with van der Waals surface area (Å²) in [4.78, 5) is 28.9. The van der Waals surface area contributed by atoms with E-state index in [1.165, 1.54) is 6.92 Å². The van der Waals surface area contributed by atoms with Crippen LogP contribution in [-0.2, 0) is 21.1 Å². The van der Waals surface area contributed by atoms with E-state index in [0.29, 0.717) is 16.9 Å². The van der Waals surface area contributed by atoms with Crippen LogP contribution in [0.5, 0.6) is 0 Å². The van der Waals surface area contributed by atoms with E-state index in [1.54, 1.807) is 12.3 Å². The molecule has 0 bridgehead atoms. The molecule has 10 nitrogen and oxygen atoms in total. The van der Waals surface area contributed by atoms with E-state index in [-0.39, 0.29) is 29.2 Å². The van der Waals surface area contributed by atoms with Gasteiger partial charge in [-0.1, -0.05) is 6.07 Å². The van der Waals surface area contributed by atoms with Crippen molar-refractivity contribution in [3.8, 4) is 11.4 Å². The second-order valence-electron chi connectivity index (χ2n) is 10.4. The fourth-order valence-electron chi connectivity index (χ4n) is 5.06. The lowest BCUT2D eigenvalue weighted by molar-refractivity contribution is -0.00545. The Hall–Kier alpha value is -4.00. The number of ether oxygens (including phenoxy) is 1. The number of benzene rings is 1. The molecule has 3 aromatic heterocycles. The largest absolute Gasteiger partial charge is 0.395 e. The van der Waals surface area contributed by atoms with Crippen molar-refractivity contribution in [2.75, 3.05) is 30.3 Å². The molecule has 4 heterocycles. The topological polar surface area (TPSA) is 135 Å². The third-order valence-corrected chi connectivity index (χ3v) is 8.84. The van der Waals surface area contributed by atoms with E-state index in [4.69, 9.17) is 19.8 Å². The molecule has 42 heavy (non-hydrogen) atoms. The number of hydrogen-bond acceptors (Lipinski definition) is 9. The lowest BCUT2D eigenvalue weighted by Gasteiger charge is -2.36. The van der Waals surface area contributed by atoms with Crippen LogP contribution in [0.4, 0.5) is 10.2 Å². The summed E-state index contributed by atoms with van der Waals surface area (Å²) < 4.78 is 45.4. The monoisotopic (exact) mass is 593 g/mol. The van der Waals surface area contributed by atoms with Gasteiger partial charge in [0, 0.05) is 24.7 Å². The summed E-state index contributed by atoms with van der Waals surface area (Å²) in [5.41, 5.74) is 2.27. The van der Waals surface area contributed by atoms with Gasteiger partial charge in [0.25, 0.3) is 5.91 Å². The third kappa shape index (κ3) is 6.40. The molecule has 12 heteroatoms. The molecule has 1 fully saturated rings. The highest BCUT2D eigenvalue weighted by Crippen LogP contribution is 2.25. The van der Waals surface area contributed by atoms with E-state index >= 15 is 0 Å². The molecule has 1 aliphatic heterocycles. The molecule has 2 N–H and O–H groups in total. The van der Waals surface area contributed by atoms with Crippen LogP contribution in [0, 0.1) is 12.7 Å². The van der Waals surface area contributed by atoms with Crippen molar-refractivity contribution in [2.24, 2.45) is 0 Å². The molecule has 0 aliphatic carbocycles. The molecule has 0 spiro atoms. The smallest absolute Gasteiger partial charge is 0.254 e. The van der Waals surface area contributed by atoms with Gasteiger partial charge in [-0.15, -0.1) is 0 Å². The minimum atomic E-state index is -3.88. The van der Waals surface area contributed by atoms with Crippen molar-refractivity contribution < 1.29 is 27.4 Å². The molecule has 4 aromatic rings. The van der Waals surface area contributed by atoms with Crippen molar-refractivity contribution in [2.45, 2.75) is 44.4 Å². The Bertz CT molecular complexity index is 1740. The van der Waals surface area contributed by atoms with Crippen LogP contribution in [0.15, 0.2) is 59.6 Å². The lowest BCUT2D eigenvalue weighted by atomic mass is 10.1. The molecule has 1 aromatic carbocycles. The highest BCUT2D eigenvalue weighted by Gasteiger charge is 2.24. The van der Waals surface area contributed by atoms with Gasteiger partial charge in [-0.25, -0.2) is 22.8 Å². The standard InChI is InChI=1S/C30H32FN5O5S/c1-18-11-24(31)23(13-28(18)42(39,40)10-9-37)30(38)33-15-22-12-27-21(14-32-22)7-8-26(34-27)25-5-4-6-29(35-25)36-16-19(2)41-20(3)17-36/h4-8,11-14,19-20,37H,9-10,15-17H2,1-3H3,(H,33,38)/t19-,20+. The minimum Gasteiger partial charge on any atom is -0.395 e. The lowest BCUT2D eigenvalue weighted by Crippen LogP contribution is -2.45. The van der Waals surface area contributed by atoms with Crippen molar-refractivity contribution in [1.82, 2.24) is 20.3 Å². The zero-order valence-electron chi connectivity index (χ0n) is 23.5. The first-order valence-electron chi connectivity index (χ1n) is 13.6. The number of sulfone groups is 1. The highest BCUT2D eigenvalue weighted by molar-refractivity contribution is 7.91. The Kier molecular flexibility index (Phi) is 8.48. The Labute approximate surface area is 243 Å². The molecule has 1 saturated heterocycles. The van der Waals surface area contributed by atoms with Crippen LogP contribution in [-0.4, -0.2) is 72.0 Å². The van der Waals surface area contributed by atoms with E-state index in [1.807, 2.05) is 44.2 Å². The van der Waals surface area contributed by atoms with Gasteiger partial charge in [0.15, 0.2) is 9.84 Å². The molecule has 0 saturated carbocycles. The number of aromatic nitrogens is 3. The van der Waals surface area contributed by atoms with Gasteiger partial charge in [0.2, 0.25) is 0 Å². The number of aliphatic hydroxyl groups excluding tert-OH is 1. The number of amides is 1. The maximum absolute atomic E-state index is 14.6. The normalized spacial score (nSPS) is 17.4. The van der Waals surface area contributed by atoms with Crippen LogP contribution >= 0.6 is 0 Å². The van der Waals surface area contributed by atoms with Gasteiger partial charge in [-0.3, -0.25) is 9.78 Å². The van der Waals surface area contributed by atoms with Gasteiger partial charge in [0.1, 0.15) is 11.6 Å². The first-order valence-corrected chi connectivity index (χ1v) is 15.2. The number of pyridine rings is 3. The fraction of sp³-hybridized carbons (Fsp3) is 0.333. The quantitative estimate of drug-likeness (QED) is 0.295. The molecule has 5 rings (SSSR count). The van der Waals surface area contributed by atoms with Crippen molar-refractivity contribution in [3.05, 3.63) is 77.4 Å². The number of halogens is 1. The molecular weight excluding hydrogens is 561 g/mol. The van der Waals surface area contributed by atoms with Crippen LogP contribution in [0.25, 0.3) is 22.3 Å². The van der Waals surface area contributed by atoms with Gasteiger partial charge in [-0.2, -0.15) is 0 Å². The SMILES string of the molecule is Cc1cc(F)c(C(=O)NCc2cc3nc(-c4cccc(N5C[C@@H](C)O[C@@H](C)C5)n4)ccc3cn2)cc1S(=O)(=O)CCO. The van der Waals surface area contributed by atoms with Crippen molar-refractivity contribution in [1.29, 1.82) is 0 Å². The number of aryl methyl sites for hydroxylation is 1. The number of carbonyl (C=O) groups excluding carboxylic acids is 1. The Morgan fingerprint density at radius 1 is 1.10 bits per heavy atom. The summed E-state index contributed by atoms with van der Waals surface area (Å²) in [6.07, 6.45) is 1.85. The predicted molar refractivity (Wildman–Crippen MR) is 156 cm³/mol. The van der Waals surface area contributed by atoms with Crippen LogP contribution in [0.2, 0.25) is 0 Å². The summed E-state index contributed by atoms with van der Waals surface area (Å²) >= 11 is 0. The second kappa shape index (κ2) is 12.1. The summed E-state index contributed by atoms with van der Waals surface area (Å²) in [5, 5.41) is 12.5. The molecule has 0 radical (unpaired) electrons. The number of morpholine rings is 1. The zero-order chi connectivity index (χ0) is 30.0. The number of fused-ring (bicyclic) bond motifs is 1. The van der Waals surface area contributed by atoms with Crippen LogP contribution in [0.1, 0.15) is 35.5 Å². The fourth-order valence-corrected chi connectivity index (χ4v) is 6.37. The number of anilines is 1. The van der Waals surface area contributed by atoms with Gasteiger partial charge < -0.3 is 20.1 Å². The summed E-state index contributed by atoms with van der Waals surface area (Å²) in [5.74, 6) is -1.31. The van der Waals surface area contributed by atoms with Gasteiger partial charge in [-0.05, 0) is 68.8 Å². The first kappa shape index (κ1) is 29.5. The second-order valence-corrected chi connectivity index (χ2v) is 12.5. The van der Waals surface area contributed by atoms with E-state index in [9.17, 15) is 17.6 Å². The number of nitrogens with one attached hydrogen (secondary N) is 1. The summed E-state index contributed by atoms with van der Waals surface area (Å²) in [6, 6.07) is 13.3. The van der Waals surface area contributed by atoms with Crippen LogP contribution in [0.3, 0.4) is 0 Å². The number of nitrogens with zero attached hydrogens (tertiary/aromatic N) is 4. The molecule has 1 aliphatic rings. The average Bonchev–Trinajstić information content (AvgIpc) is 2.95. The van der Waals surface area contributed by atoms with Crippen molar-refractivity contribution >= 4 is 32.5 Å². The molecule has 2 atom stereocenters. The maximum Gasteiger partial charge on any atom is 0.254 e. The highest BCUT2D eigenvalue weighted by atomic mass is 32.2. The Balaban J connectivity index is 1.35. The average molecular weight is 594 g/mol. The van der Waals surface area contributed by atoms with Gasteiger partial charge in [0.05, 0.1) is 64.2 Å². The van der Waals surface area contributed by atoms with E-state index in [2.05, 4.69) is 15.2 Å². The number of rotatable bonds is 8. The van der Waals surface area contributed by atoms with Crippen LogP contribution < -0.4 is 10.2 Å². The maximum atomic E-state index is 14.6. The molecular formula is C30H32FN5O5S. The first-order chi connectivity index (χ1) is 20.0. The van der Waals surface area contributed by atoms with E-state index in [0.717, 1.165) is 42.1 Å². The molecule has 0 unspecified atom stereocenters. The zero-order valence-corrected chi connectivity index (χ0v) is 24.4. The molecule has 220 valence electrons. The predicted octanol–water partition coefficient (Wildman–Crippen LogP) is 3.45. The number of aliphatic hydroxyl groups is 1. The third-order valence-electron chi connectivity index (χ3n) is 7.01. The van der Waals surface area contributed by atoms with Gasteiger partial charge >= 0.3 is 0 Å². The Morgan fingerprint density at radius 3 is 2.57 bits per heavy atom. The Morgan fingerprint density at radius 2 is 1.83 bits per heavy atom. The number of carbonyl (C=O) groups is 1. The summed E-state index contributed by atoms with van der Waals surface area (Å²) in [6.45, 7) is 6.40. The van der Waals surface area contributed by atoms with Crippen molar-refractivity contribution in [3.63, 3.8) is 0 Å². The summed E-state index contributed by atoms with van der Waals surface area (Å²) in [7, 11) is -3.88.